The summed E-state index contributed by atoms with van der Waals surface area (Å²) in [5, 5.41) is 26.2. The van der Waals surface area contributed by atoms with Gasteiger partial charge in [0.2, 0.25) is 11.8 Å². The molecule has 8 heteroatoms. The van der Waals surface area contributed by atoms with Crippen molar-refractivity contribution in [3.63, 3.8) is 0 Å². The van der Waals surface area contributed by atoms with E-state index in [1.165, 1.54) is 0 Å². The van der Waals surface area contributed by atoms with Crippen molar-refractivity contribution < 1.29 is 24.6 Å². The first-order valence-electron chi connectivity index (χ1n) is 7.78. The van der Waals surface area contributed by atoms with Gasteiger partial charge < -0.3 is 26.2 Å². The van der Waals surface area contributed by atoms with Gasteiger partial charge in [0.1, 0.15) is 0 Å². The Labute approximate surface area is 139 Å². The van der Waals surface area contributed by atoms with Crippen LogP contribution in [0, 0.1) is 5.92 Å². The smallest absolute Gasteiger partial charge is 0.404 e. The third-order valence-electron chi connectivity index (χ3n) is 3.87. The molecule has 1 aromatic carbocycles. The van der Waals surface area contributed by atoms with Crippen molar-refractivity contribution >= 4 is 23.6 Å². The number of anilines is 1. The standard InChI is InChI=1S/C16H21N3O5/c20-13(6-7-17-16(23)24)10-2-1-3-12(8-10)19-15(22)11-4-5-14(21)18-9-11/h1-3,8,11,13,17,20H,4-7,9H2,(H,18,21)(H,19,22)(H,23,24). The molecular formula is C16H21N3O5. The molecule has 0 saturated carbocycles. The number of aliphatic hydroxyl groups excluding tert-OH is 1. The first-order chi connectivity index (χ1) is 11.5. The maximum atomic E-state index is 12.2. The molecule has 1 saturated heterocycles. The molecule has 0 aliphatic carbocycles. The molecule has 0 bridgehead atoms. The lowest BCUT2D eigenvalue weighted by molar-refractivity contribution is -0.126. The molecular weight excluding hydrogens is 314 g/mol. The highest BCUT2D eigenvalue weighted by Crippen LogP contribution is 2.21. The summed E-state index contributed by atoms with van der Waals surface area (Å²) in [4.78, 5) is 33.7. The number of carboxylic acid groups (broad SMARTS) is 1. The number of hydrogen-bond donors (Lipinski definition) is 5. The van der Waals surface area contributed by atoms with Crippen molar-refractivity contribution in [1.29, 1.82) is 0 Å². The van der Waals surface area contributed by atoms with Crippen LogP contribution in [0.15, 0.2) is 24.3 Å². The van der Waals surface area contributed by atoms with Gasteiger partial charge >= 0.3 is 6.09 Å². The van der Waals surface area contributed by atoms with E-state index in [0.717, 1.165) is 0 Å². The fourth-order valence-corrected chi connectivity index (χ4v) is 2.51. The van der Waals surface area contributed by atoms with Crippen LogP contribution in [0.2, 0.25) is 0 Å². The van der Waals surface area contributed by atoms with Gasteiger partial charge in [-0.1, -0.05) is 12.1 Å². The fourth-order valence-electron chi connectivity index (χ4n) is 2.51. The van der Waals surface area contributed by atoms with Crippen LogP contribution in [0.4, 0.5) is 10.5 Å². The van der Waals surface area contributed by atoms with Crippen LogP contribution in [0.3, 0.4) is 0 Å². The number of carbonyl (C=O) groups is 3. The molecule has 130 valence electrons. The third-order valence-corrected chi connectivity index (χ3v) is 3.87. The lowest BCUT2D eigenvalue weighted by Gasteiger charge is -2.22. The number of amides is 3. The summed E-state index contributed by atoms with van der Waals surface area (Å²) in [5.74, 6) is -0.482. The predicted molar refractivity (Wildman–Crippen MR) is 86.4 cm³/mol. The van der Waals surface area contributed by atoms with Gasteiger partial charge in [0.05, 0.1) is 12.0 Å². The summed E-state index contributed by atoms with van der Waals surface area (Å²) in [7, 11) is 0. The van der Waals surface area contributed by atoms with Crippen LogP contribution < -0.4 is 16.0 Å². The molecule has 0 spiro atoms. The molecule has 2 unspecified atom stereocenters. The molecule has 3 amide bonds. The molecule has 2 atom stereocenters. The van der Waals surface area contributed by atoms with Crippen molar-refractivity contribution in [1.82, 2.24) is 10.6 Å². The number of hydrogen-bond acceptors (Lipinski definition) is 4. The van der Waals surface area contributed by atoms with Gasteiger partial charge in [-0.2, -0.15) is 0 Å². The molecule has 8 nitrogen and oxygen atoms in total. The van der Waals surface area contributed by atoms with Gasteiger partial charge in [0.25, 0.3) is 0 Å². The molecule has 1 heterocycles. The first kappa shape index (κ1) is 17.7. The molecule has 1 aliphatic rings. The average Bonchev–Trinajstić information content (AvgIpc) is 2.55. The molecule has 0 aromatic heterocycles. The van der Waals surface area contributed by atoms with Crippen LogP contribution in [-0.4, -0.2) is 41.2 Å². The molecule has 5 N–H and O–H groups in total. The van der Waals surface area contributed by atoms with Crippen molar-refractivity contribution in [2.75, 3.05) is 18.4 Å². The quantitative estimate of drug-likeness (QED) is 0.526. The Morgan fingerprint density at radius 1 is 1.38 bits per heavy atom. The Kier molecular flexibility index (Phi) is 6.14. The zero-order chi connectivity index (χ0) is 17.5. The first-order valence-corrected chi connectivity index (χ1v) is 7.78. The van der Waals surface area contributed by atoms with Crippen LogP contribution in [0.1, 0.15) is 30.9 Å². The highest BCUT2D eigenvalue weighted by Gasteiger charge is 2.24. The van der Waals surface area contributed by atoms with Crippen molar-refractivity contribution in [3.05, 3.63) is 29.8 Å². The maximum absolute atomic E-state index is 12.2. The zero-order valence-corrected chi connectivity index (χ0v) is 13.1. The van der Waals surface area contributed by atoms with Crippen LogP contribution in [0.25, 0.3) is 0 Å². The summed E-state index contributed by atoms with van der Waals surface area (Å²) >= 11 is 0. The Hall–Kier alpha value is -2.61. The second kappa shape index (κ2) is 8.30. The second-order valence-corrected chi connectivity index (χ2v) is 5.69. The topological polar surface area (TPSA) is 128 Å². The molecule has 2 rings (SSSR count). The summed E-state index contributed by atoms with van der Waals surface area (Å²) < 4.78 is 0. The minimum absolute atomic E-state index is 0.0425. The lowest BCUT2D eigenvalue weighted by Crippen LogP contribution is -2.40. The van der Waals surface area contributed by atoms with E-state index in [-0.39, 0.29) is 30.7 Å². The van der Waals surface area contributed by atoms with Gasteiger partial charge in [-0.05, 0) is 30.5 Å². The number of aliphatic hydroxyl groups is 1. The van der Waals surface area contributed by atoms with Gasteiger partial charge in [-0.3, -0.25) is 9.59 Å². The van der Waals surface area contributed by atoms with Gasteiger partial charge in [-0.25, -0.2) is 4.79 Å². The van der Waals surface area contributed by atoms with E-state index in [2.05, 4.69) is 16.0 Å². The van der Waals surface area contributed by atoms with Gasteiger partial charge in [0, 0.05) is 25.2 Å². The monoisotopic (exact) mass is 335 g/mol. The SMILES string of the molecule is O=C(O)NCCC(O)c1cccc(NC(=O)C2CCC(=O)NC2)c1. The van der Waals surface area contributed by atoms with E-state index in [1.807, 2.05) is 0 Å². The molecule has 24 heavy (non-hydrogen) atoms. The van der Waals surface area contributed by atoms with E-state index >= 15 is 0 Å². The normalized spacial score (nSPS) is 18.4. The number of piperidine rings is 1. The zero-order valence-electron chi connectivity index (χ0n) is 13.1. The Balaban J connectivity index is 1.90. The summed E-state index contributed by atoms with van der Waals surface area (Å²) in [5.41, 5.74) is 1.15. The molecule has 1 fully saturated rings. The van der Waals surface area contributed by atoms with Crippen LogP contribution in [0.5, 0.6) is 0 Å². The summed E-state index contributed by atoms with van der Waals surface area (Å²) in [6.07, 6.45) is -0.877. The fraction of sp³-hybridized carbons (Fsp3) is 0.438. The Morgan fingerprint density at radius 3 is 2.83 bits per heavy atom. The minimum Gasteiger partial charge on any atom is -0.465 e. The summed E-state index contributed by atoms with van der Waals surface area (Å²) in [6, 6.07) is 6.79. The predicted octanol–water partition coefficient (Wildman–Crippen LogP) is 0.842. The molecule has 1 aromatic rings. The average molecular weight is 335 g/mol. The second-order valence-electron chi connectivity index (χ2n) is 5.69. The van der Waals surface area contributed by atoms with E-state index in [1.54, 1.807) is 24.3 Å². The largest absolute Gasteiger partial charge is 0.465 e. The minimum atomic E-state index is -1.14. The third kappa shape index (κ3) is 5.24. The van der Waals surface area contributed by atoms with Gasteiger partial charge in [0.15, 0.2) is 0 Å². The van der Waals surface area contributed by atoms with Crippen LogP contribution in [-0.2, 0) is 9.59 Å². The molecule has 1 aliphatic heterocycles. The number of rotatable bonds is 6. The van der Waals surface area contributed by atoms with E-state index < -0.39 is 12.2 Å². The van der Waals surface area contributed by atoms with Crippen LogP contribution >= 0.6 is 0 Å². The van der Waals surface area contributed by atoms with Gasteiger partial charge in [-0.15, -0.1) is 0 Å². The van der Waals surface area contributed by atoms with E-state index in [0.29, 0.717) is 30.6 Å². The number of benzene rings is 1. The highest BCUT2D eigenvalue weighted by atomic mass is 16.4. The number of carbonyl (C=O) groups excluding carboxylic acids is 2. The Bertz CT molecular complexity index is 609. The van der Waals surface area contributed by atoms with E-state index in [9.17, 15) is 19.5 Å². The Morgan fingerprint density at radius 2 is 2.17 bits per heavy atom. The van der Waals surface area contributed by atoms with E-state index in [4.69, 9.17) is 5.11 Å². The van der Waals surface area contributed by atoms with Crippen molar-refractivity contribution in [2.24, 2.45) is 5.92 Å². The van der Waals surface area contributed by atoms with Crippen molar-refractivity contribution in [3.8, 4) is 0 Å². The number of nitrogens with one attached hydrogen (secondary N) is 3. The summed E-state index contributed by atoms with van der Waals surface area (Å²) in [6.45, 7) is 0.461. The highest BCUT2D eigenvalue weighted by molar-refractivity contribution is 5.94. The maximum Gasteiger partial charge on any atom is 0.404 e. The lowest BCUT2D eigenvalue weighted by atomic mass is 9.98. The van der Waals surface area contributed by atoms with Crippen molar-refractivity contribution in [2.45, 2.75) is 25.4 Å². The molecule has 0 radical (unpaired) electrons.